The van der Waals surface area contributed by atoms with Gasteiger partial charge >= 0.3 is 0 Å². The standard InChI is InChI=1S/C13H13ClN2O2S2/c1-19-12-5-4-11(14)7-13(12)20(17,18)16-9-10-3-2-6-15-8-10/h2-8,16H,9H2,1H3. The van der Waals surface area contributed by atoms with Gasteiger partial charge in [-0.25, -0.2) is 13.1 Å². The van der Waals surface area contributed by atoms with Gasteiger partial charge in [-0.3, -0.25) is 4.98 Å². The Morgan fingerprint density at radius 3 is 2.80 bits per heavy atom. The van der Waals surface area contributed by atoms with E-state index in [1.165, 1.54) is 17.8 Å². The molecule has 0 saturated heterocycles. The lowest BCUT2D eigenvalue weighted by molar-refractivity contribution is 0.579. The zero-order valence-electron chi connectivity index (χ0n) is 10.7. The minimum atomic E-state index is -3.61. The predicted octanol–water partition coefficient (Wildman–Crippen LogP) is 2.94. The minimum Gasteiger partial charge on any atom is -0.264 e. The number of hydrogen-bond acceptors (Lipinski definition) is 4. The molecule has 0 aliphatic rings. The fourth-order valence-electron chi connectivity index (χ4n) is 1.62. The molecular weight excluding hydrogens is 316 g/mol. The Labute approximate surface area is 127 Å². The molecular formula is C13H13ClN2O2S2. The van der Waals surface area contributed by atoms with Gasteiger partial charge in [0.15, 0.2) is 0 Å². The van der Waals surface area contributed by atoms with Gasteiger partial charge in [-0.1, -0.05) is 17.7 Å². The minimum absolute atomic E-state index is 0.191. The number of aromatic nitrogens is 1. The van der Waals surface area contributed by atoms with E-state index in [4.69, 9.17) is 11.6 Å². The van der Waals surface area contributed by atoms with Gasteiger partial charge in [0.1, 0.15) is 0 Å². The predicted molar refractivity (Wildman–Crippen MR) is 81.5 cm³/mol. The highest BCUT2D eigenvalue weighted by Crippen LogP contribution is 2.27. The van der Waals surface area contributed by atoms with Crippen molar-refractivity contribution in [1.82, 2.24) is 9.71 Å². The number of pyridine rings is 1. The molecule has 2 aromatic rings. The molecule has 1 heterocycles. The van der Waals surface area contributed by atoms with E-state index in [-0.39, 0.29) is 11.4 Å². The molecule has 0 radical (unpaired) electrons. The van der Waals surface area contributed by atoms with Crippen molar-refractivity contribution >= 4 is 33.4 Å². The highest BCUT2D eigenvalue weighted by Gasteiger charge is 2.18. The van der Waals surface area contributed by atoms with Gasteiger partial charge in [-0.05, 0) is 36.1 Å². The quantitative estimate of drug-likeness (QED) is 0.857. The molecule has 20 heavy (non-hydrogen) atoms. The third kappa shape index (κ3) is 3.73. The Bertz CT molecular complexity index is 691. The van der Waals surface area contributed by atoms with Gasteiger partial charge in [-0.15, -0.1) is 11.8 Å². The van der Waals surface area contributed by atoms with Crippen LogP contribution in [0.2, 0.25) is 5.02 Å². The summed E-state index contributed by atoms with van der Waals surface area (Å²) in [6.45, 7) is 0.191. The molecule has 106 valence electrons. The van der Waals surface area contributed by atoms with Gasteiger partial charge in [0, 0.05) is 28.9 Å². The van der Waals surface area contributed by atoms with Gasteiger partial charge in [0.2, 0.25) is 10.0 Å². The SMILES string of the molecule is CSc1ccc(Cl)cc1S(=O)(=O)NCc1cccnc1. The van der Waals surface area contributed by atoms with Crippen molar-refractivity contribution in [1.29, 1.82) is 0 Å². The van der Waals surface area contributed by atoms with Gasteiger partial charge in [0.05, 0.1) is 4.90 Å². The van der Waals surface area contributed by atoms with E-state index in [1.807, 2.05) is 12.3 Å². The van der Waals surface area contributed by atoms with Crippen LogP contribution in [0.15, 0.2) is 52.5 Å². The molecule has 0 spiro atoms. The highest BCUT2D eigenvalue weighted by molar-refractivity contribution is 7.99. The van der Waals surface area contributed by atoms with Crippen LogP contribution >= 0.6 is 23.4 Å². The highest BCUT2D eigenvalue weighted by atomic mass is 35.5. The summed E-state index contributed by atoms with van der Waals surface area (Å²) in [7, 11) is -3.61. The first-order chi connectivity index (χ1) is 9.53. The maximum Gasteiger partial charge on any atom is 0.242 e. The third-order valence-corrected chi connectivity index (χ3v) is 5.21. The number of nitrogens with zero attached hydrogens (tertiary/aromatic N) is 1. The summed E-state index contributed by atoms with van der Waals surface area (Å²) in [5.41, 5.74) is 0.795. The lowest BCUT2D eigenvalue weighted by Gasteiger charge is -2.10. The normalized spacial score (nSPS) is 11.5. The van der Waals surface area contributed by atoms with Crippen molar-refractivity contribution in [3.8, 4) is 0 Å². The maximum absolute atomic E-state index is 12.3. The lowest BCUT2D eigenvalue weighted by atomic mass is 10.3. The molecule has 1 aromatic carbocycles. The molecule has 0 amide bonds. The first-order valence-electron chi connectivity index (χ1n) is 5.75. The number of benzene rings is 1. The van der Waals surface area contributed by atoms with Crippen molar-refractivity contribution in [3.05, 3.63) is 53.3 Å². The number of halogens is 1. The molecule has 0 saturated carbocycles. The summed E-state index contributed by atoms with van der Waals surface area (Å²) in [6.07, 6.45) is 5.08. The van der Waals surface area contributed by atoms with E-state index in [9.17, 15) is 8.42 Å². The van der Waals surface area contributed by atoms with E-state index < -0.39 is 10.0 Å². The van der Waals surface area contributed by atoms with E-state index >= 15 is 0 Å². The molecule has 1 aromatic heterocycles. The second-order valence-electron chi connectivity index (χ2n) is 3.98. The summed E-state index contributed by atoms with van der Waals surface area (Å²) >= 11 is 7.25. The largest absolute Gasteiger partial charge is 0.264 e. The fraction of sp³-hybridized carbons (Fsp3) is 0.154. The summed E-state index contributed by atoms with van der Waals surface area (Å²) in [6, 6.07) is 8.40. The molecule has 0 fully saturated rings. The van der Waals surface area contributed by atoms with E-state index in [0.29, 0.717) is 9.92 Å². The Kier molecular flexibility index (Phi) is 5.04. The first-order valence-corrected chi connectivity index (χ1v) is 8.83. The molecule has 7 heteroatoms. The second kappa shape index (κ2) is 6.58. The number of thioether (sulfide) groups is 1. The van der Waals surface area contributed by atoms with E-state index in [0.717, 1.165) is 5.56 Å². The Morgan fingerprint density at radius 2 is 2.15 bits per heavy atom. The molecule has 0 aliphatic heterocycles. The van der Waals surface area contributed by atoms with Crippen LogP contribution in [0.25, 0.3) is 0 Å². The van der Waals surface area contributed by atoms with Crippen molar-refractivity contribution in [3.63, 3.8) is 0 Å². The number of hydrogen-bond donors (Lipinski definition) is 1. The van der Waals surface area contributed by atoms with E-state index in [2.05, 4.69) is 9.71 Å². The van der Waals surface area contributed by atoms with Crippen molar-refractivity contribution in [2.45, 2.75) is 16.3 Å². The molecule has 0 unspecified atom stereocenters. The van der Waals surface area contributed by atoms with E-state index in [1.54, 1.807) is 30.6 Å². The van der Waals surface area contributed by atoms with Crippen LogP contribution < -0.4 is 4.72 Å². The van der Waals surface area contributed by atoms with Crippen LogP contribution in [0, 0.1) is 0 Å². The molecule has 1 N–H and O–H groups in total. The zero-order valence-corrected chi connectivity index (χ0v) is 13.1. The van der Waals surface area contributed by atoms with Crippen LogP contribution in [0.4, 0.5) is 0 Å². The third-order valence-electron chi connectivity index (χ3n) is 2.60. The maximum atomic E-state index is 12.3. The molecule has 4 nitrogen and oxygen atoms in total. The molecule has 0 bridgehead atoms. The fourth-order valence-corrected chi connectivity index (χ4v) is 4.03. The topological polar surface area (TPSA) is 59.1 Å². The molecule has 2 rings (SSSR count). The van der Waals surface area contributed by atoms with Crippen LogP contribution in [-0.4, -0.2) is 19.7 Å². The first kappa shape index (κ1) is 15.3. The second-order valence-corrected chi connectivity index (χ2v) is 7.00. The zero-order chi connectivity index (χ0) is 14.6. The average Bonchev–Trinajstić information content (AvgIpc) is 2.46. The summed E-state index contributed by atoms with van der Waals surface area (Å²) in [5.74, 6) is 0. The van der Waals surface area contributed by atoms with Crippen molar-refractivity contribution in [2.75, 3.05) is 6.26 Å². The van der Waals surface area contributed by atoms with Gasteiger partial charge in [-0.2, -0.15) is 0 Å². The van der Waals surface area contributed by atoms with Crippen LogP contribution in [-0.2, 0) is 16.6 Å². The van der Waals surface area contributed by atoms with Gasteiger partial charge in [0.25, 0.3) is 0 Å². The van der Waals surface area contributed by atoms with Crippen LogP contribution in [0.3, 0.4) is 0 Å². The van der Waals surface area contributed by atoms with Gasteiger partial charge < -0.3 is 0 Å². The smallest absolute Gasteiger partial charge is 0.242 e. The van der Waals surface area contributed by atoms with Crippen LogP contribution in [0.5, 0.6) is 0 Å². The Balaban J connectivity index is 2.24. The van der Waals surface area contributed by atoms with Crippen molar-refractivity contribution in [2.24, 2.45) is 0 Å². The average molecular weight is 329 g/mol. The Morgan fingerprint density at radius 1 is 1.35 bits per heavy atom. The summed E-state index contributed by atoms with van der Waals surface area (Å²) < 4.78 is 27.2. The van der Waals surface area contributed by atoms with Crippen LogP contribution in [0.1, 0.15) is 5.56 Å². The summed E-state index contributed by atoms with van der Waals surface area (Å²) in [4.78, 5) is 4.80. The number of sulfonamides is 1. The Hall–Kier alpha value is -1.08. The van der Waals surface area contributed by atoms with Crippen molar-refractivity contribution < 1.29 is 8.42 Å². The molecule has 0 aliphatic carbocycles. The molecule has 0 atom stereocenters. The number of nitrogens with one attached hydrogen (secondary N) is 1. The lowest BCUT2D eigenvalue weighted by Crippen LogP contribution is -2.23. The monoisotopic (exact) mass is 328 g/mol. The summed E-state index contributed by atoms with van der Waals surface area (Å²) in [5, 5.41) is 0.393. The number of rotatable bonds is 5.